The first-order valence-electron chi connectivity index (χ1n) is 9.64. The lowest BCUT2D eigenvalue weighted by atomic mass is 10.0. The predicted octanol–water partition coefficient (Wildman–Crippen LogP) is 6.00. The van der Waals surface area contributed by atoms with E-state index >= 15 is 0 Å². The molecule has 0 aliphatic carbocycles. The van der Waals surface area contributed by atoms with Crippen LogP contribution in [0.15, 0.2) is 42.5 Å². The predicted molar refractivity (Wildman–Crippen MR) is 116 cm³/mol. The Kier molecular flexibility index (Phi) is 6.63. The van der Waals surface area contributed by atoms with E-state index in [2.05, 4.69) is 9.88 Å². The number of carbonyl (C=O) groups excluding carboxylic acids is 1. The quantitative estimate of drug-likeness (QED) is 0.511. The highest BCUT2D eigenvalue weighted by atomic mass is 35.5. The summed E-state index contributed by atoms with van der Waals surface area (Å²) >= 11 is 12.4. The normalized spacial score (nSPS) is 12.5. The van der Waals surface area contributed by atoms with Gasteiger partial charge in [0.25, 0.3) is 0 Å². The number of para-hydroxylation sites is 2. The molecule has 1 amide bonds. The smallest absolute Gasteiger partial charge is 0.223 e. The number of nitrogens with zero attached hydrogens (tertiary/aromatic N) is 2. The van der Waals surface area contributed by atoms with E-state index in [1.807, 2.05) is 57.2 Å². The zero-order valence-corrected chi connectivity index (χ0v) is 17.9. The topological polar surface area (TPSA) is 46.9 Å². The summed E-state index contributed by atoms with van der Waals surface area (Å²) < 4.78 is 2.11. The third-order valence-corrected chi connectivity index (χ3v) is 5.72. The van der Waals surface area contributed by atoms with Gasteiger partial charge in [-0.15, -0.1) is 0 Å². The Morgan fingerprint density at radius 3 is 2.54 bits per heavy atom. The molecule has 0 aliphatic rings. The minimum Gasteiger partial charge on any atom is -0.346 e. The van der Waals surface area contributed by atoms with Crippen molar-refractivity contribution in [3.63, 3.8) is 0 Å². The fourth-order valence-electron chi connectivity index (χ4n) is 3.47. The first-order chi connectivity index (χ1) is 13.4. The summed E-state index contributed by atoms with van der Waals surface area (Å²) in [4.78, 5) is 17.4. The molecule has 0 saturated carbocycles. The highest BCUT2D eigenvalue weighted by Crippen LogP contribution is 2.27. The van der Waals surface area contributed by atoms with Crippen molar-refractivity contribution in [1.82, 2.24) is 14.9 Å². The Morgan fingerprint density at radius 2 is 1.86 bits per heavy atom. The molecule has 1 heterocycles. The van der Waals surface area contributed by atoms with E-state index in [-0.39, 0.29) is 17.9 Å². The highest BCUT2D eigenvalue weighted by Gasteiger charge is 2.22. The van der Waals surface area contributed by atoms with Crippen LogP contribution >= 0.6 is 23.2 Å². The van der Waals surface area contributed by atoms with Crippen LogP contribution in [0.25, 0.3) is 11.0 Å². The maximum atomic E-state index is 12.6. The molecule has 0 fully saturated rings. The molecule has 148 valence electrons. The fraction of sp³-hybridized carbons (Fsp3) is 0.364. The Hall–Kier alpha value is -2.04. The molecule has 1 aromatic heterocycles. The number of fused-ring (bicyclic) bond motifs is 1. The minimum absolute atomic E-state index is 0.0194. The summed E-state index contributed by atoms with van der Waals surface area (Å²) in [5, 5.41) is 4.36. The second-order valence-corrected chi connectivity index (χ2v) is 7.87. The lowest BCUT2D eigenvalue weighted by Gasteiger charge is -2.20. The van der Waals surface area contributed by atoms with Gasteiger partial charge in [-0.05, 0) is 49.6 Å². The van der Waals surface area contributed by atoms with Crippen LogP contribution in [0.5, 0.6) is 0 Å². The number of hydrogen-bond acceptors (Lipinski definition) is 2. The van der Waals surface area contributed by atoms with Crippen molar-refractivity contribution in [2.24, 2.45) is 5.92 Å². The summed E-state index contributed by atoms with van der Waals surface area (Å²) in [6, 6.07) is 13.3. The highest BCUT2D eigenvalue weighted by molar-refractivity contribution is 6.35. The lowest BCUT2D eigenvalue weighted by molar-refractivity contribution is -0.125. The van der Waals surface area contributed by atoms with E-state index in [1.54, 1.807) is 6.07 Å². The first-order valence-corrected chi connectivity index (χ1v) is 10.4. The monoisotopic (exact) mass is 417 g/mol. The number of imidazole rings is 1. The molecule has 28 heavy (non-hydrogen) atoms. The number of amides is 1. The average molecular weight is 418 g/mol. The first kappa shape index (κ1) is 20.7. The van der Waals surface area contributed by atoms with Gasteiger partial charge in [0.1, 0.15) is 5.82 Å². The van der Waals surface area contributed by atoms with Gasteiger partial charge >= 0.3 is 0 Å². The van der Waals surface area contributed by atoms with Crippen molar-refractivity contribution in [3.8, 4) is 0 Å². The fourth-order valence-corrected chi connectivity index (χ4v) is 3.93. The summed E-state index contributed by atoms with van der Waals surface area (Å²) in [6.45, 7) is 6.60. The molecule has 6 heteroatoms. The van der Waals surface area contributed by atoms with E-state index < -0.39 is 0 Å². The molecule has 0 radical (unpaired) electrons. The number of rotatable bonds is 7. The lowest BCUT2D eigenvalue weighted by Crippen LogP contribution is -2.33. The Labute approximate surface area is 175 Å². The van der Waals surface area contributed by atoms with Crippen LogP contribution in [0.2, 0.25) is 10.0 Å². The molecule has 0 saturated heterocycles. The molecule has 3 aromatic rings. The molecule has 0 spiro atoms. The van der Waals surface area contributed by atoms with Crippen LogP contribution < -0.4 is 5.32 Å². The standard InChI is InChI=1S/C22H25Cl2N3O/c1-4-15(5-2)22(28)25-14(3)21-26-19-8-6-7-9-20(19)27(21)13-16-10-11-17(23)12-18(16)24/h6-12,14-15H,4-5,13H2,1-3H3,(H,25,28). The van der Waals surface area contributed by atoms with Crippen LogP contribution in [-0.4, -0.2) is 15.5 Å². The van der Waals surface area contributed by atoms with Crippen LogP contribution in [-0.2, 0) is 11.3 Å². The van der Waals surface area contributed by atoms with Gasteiger partial charge in [0.2, 0.25) is 5.91 Å². The zero-order chi connectivity index (χ0) is 20.3. The van der Waals surface area contributed by atoms with Gasteiger partial charge in [0.05, 0.1) is 23.6 Å². The Balaban J connectivity index is 1.98. The molecule has 0 aliphatic heterocycles. The maximum Gasteiger partial charge on any atom is 0.223 e. The third-order valence-electron chi connectivity index (χ3n) is 5.13. The molecular formula is C22H25Cl2N3O. The summed E-state index contributed by atoms with van der Waals surface area (Å²) in [5.41, 5.74) is 2.85. The van der Waals surface area contributed by atoms with Crippen LogP contribution in [0.4, 0.5) is 0 Å². The van der Waals surface area contributed by atoms with Gasteiger partial charge in [-0.1, -0.05) is 55.2 Å². The number of hydrogen-bond donors (Lipinski definition) is 1. The average Bonchev–Trinajstić information content (AvgIpc) is 3.03. The Morgan fingerprint density at radius 1 is 1.14 bits per heavy atom. The molecule has 0 bridgehead atoms. The van der Waals surface area contributed by atoms with Gasteiger partial charge in [0.15, 0.2) is 0 Å². The molecule has 1 atom stereocenters. The van der Waals surface area contributed by atoms with Crippen molar-refractivity contribution in [3.05, 3.63) is 63.9 Å². The summed E-state index contributed by atoms with van der Waals surface area (Å²) in [7, 11) is 0. The van der Waals surface area contributed by atoms with Gasteiger partial charge in [0, 0.05) is 16.0 Å². The van der Waals surface area contributed by atoms with Gasteiger partial charge in [-0.2, -0.15) is 0 Å². The second kappa shape index (κ2) is 8.97. The molecule has 3 rings (SSSR count). The number of halogens is 2. The summed E-state index contributed by atoms with van der Waals surface area (Å²) in [6.07, 6.45) is 1.65. The largest absolute Gasteiger partial charge is 0.346 e. The number of benzene rings is 2. The number of aromatic nitrogens is 2. The van der Waals surface area contributed by atoms with E-state index in [0.29, 0.717) is 16.6 Å². The van der Waals surface area contributed by atoms with Crippen LogP contribution in [0.1, 0.15) is 51.0 Å². The van der Waals surface area contributed by atoms with Crippen molar-refractivity contribution in [2.75, 3.05) is 0 Å². The SMILES string of the molecule is CCC(CC)C(=O)NC(C)c1nc2ccccc2n1Cc1ccc(Cl)cc1Cl. The van der Waals surface area contributed by atoms with Crippen LogP contribution in [0.3, 0.4) is 0 Å². The van der Waals surface area contributed by atoms with Crippen LogP contribution in [0, 0.1) is 5.92 Å². The summed E-state index contributed by atoms with van der Waals surface area (Å²) in [5.74, 6) is 0.901. The van der Waals surface area contributed by atoms with Crippen molar-refractivity contribution in [1.29, 1.82) is 0 Å². The Bertz CT molecular complexity index is 979. The zero-order valence-electron chi connectivity index (χ0n) is 16.4. The van der Waals surface area contributed by atoms with E-state index in [1.165, 1.54) is 0 Å². The number of nitrogens with one attached hydrogen (secondary N) is 1. The second-order valence-electron chi connectivity index (χ2n) is 7.02. The minimum atomic E-state index is -0.216. The molecule has 4 nitrogen and oxygen atoms in total. The molecule has 2 aromatic carbocycles. The molecule has 1 N–H and O–H groups in total. The van der Waals surface area contributed by atoms with Gasteiger partial charge in [-0.25, -0.2) is 4.98 Å². The number of carbonyl (C=O) groups is 1. The van der Waals surface area contributed by atoms with E-state index in [4.69, 9.17) is 28.2 Å². The van der Waals surface area contributed by atoms with E-state index in [9.17, 15) is 4.79 Å². The van der Waals surface area contributed by atoms with Gasteiger partial charge < -0.3 is 9.88 Å². The van der Waals surface area contributed by atoms with Crippen molar-refractivity contribution in [2.45, 2.75) is 46.2 Å². The third kappa shape index (κ3) is 4.34. The molecule has 1 unspecified atom stereocenters. The van der Waals surface area contributed by atoms with Crippen molar-refractivity contribution < 1.29 is 4.79 Å². The van der Waals surface area contributed by atoms with Gasteiger partial charge in [-0.3, -0.25) is 4.79 Å². The van der Waals surface area contributed by atoms with Crippen molar-refractivity contribution >= 4 is 40.1 Å². The maximum absolute atomic E-state index is 12.6. The molecular weight excluding hydrogens is 393 g/mol. The van der Waals surface area contributed by atoms with E-state index in [0.717, 1.165) is 35.3 Å².